The SMILES string of the molecule is COc1ccc(NC(N)=NCC(c2ccccc2)C(C)C)cc1. The summed E-state index contributed by atoms with van der Waals surface area (Å²) in [6, 6.07) is 18.1. The fourth-order valence-electron chi connectivity index (χ4n) is 2.46. The van der Waals surface area contributed by atoms with Crippen LogP contribution in [0.4, 0.5) is 5.69 Å². The van der Waals surface area contributed by atoms with Crippen molar-refractivity contribution in [3.63, 3.8) is 0 Å². The van der Waals surface area contributed by atoms with Gasteiger partial charge in [0.15, 0.2) is 5.96 Å². The topological polar surface area (TPSA) is 59.6 Å². The first-order valence-electron chi connectivity index (χ1n) is 7.86. The van der Waals surface area contributed by atoms with Crippen LogP contribution in [0.25, 0.3) is 0 Å². The second-order valence-corrected chi connectivity index (χ2v) is 5.84. The molecule has 2 rings (SSSR count). The van der Waals surface area contributed by atoms with Gasteiger partial charge in [0.25, 0.3) is 0 Å². The van der Waals surface area contributed by atoms with E-state index in [1.807, 2.05) is 30.3 Å². The van der Waals surface area contributed by atoms with E-state index in [9.17, 15) is 0 Å². The Balaban J connectivity index is 2.01. The third-order valence-electron chi connectivity index (χ3n) is 3.85. The third kappa shape index (κ3) is 5.02. The number of ether oxygens (including phenoxy) is 1. The molecular formula is C19H25N3O. The Labute approximate surface area is 138 Å². The van der Waals surface area contributed by atoms with Crippen LogP contribution in [0.3, 0.4) is 0 Å². The predicted octanol–water partition coefficient (Wildman–Crippen LogP) is 3.86. The molecule has 2 aromatic rings. The molecule has 0 fully saturated rings. The van der Waals surface area contributed by atoms with Crippen LogP contribution in [0.1, 0.15) is 25.3 Å². The van der Waals surface area contributed by atoms with Crippen LogP contribution >= 0.6 is 0 Å². The van der Waals surface area contributed by atoms with Crippen LogP contribution in [0.5, 0.6) is 5.75 Å². The van der Waals surface area contributed by atoms with Gasteiger partial charge in [-0.25, -0.2) is 0 Å². The minimum Gasteiger partial charge on any atom is -0.497 e. The maximum absolute atomic E-state index is 6.01. The quantitative estimate of drug-likeness (QED) is 0.629. The first kappa shape index (κ1) is 16.9. The van der Waals surface area contributed by atoms with Gasteiger partial charge in [0.1, 0.15) is 5.75 Å². The highest BCUT2D eigenvalue weighted by atomic mass is 16.5. The van der Waals surface area contributed by atoms with Crippen LogP contribution in [-0.4, -0.2) is 19.6 Å². The van der Waals surface area contributed by atoms with Crippen LogP contribution in [0, 0.1) is 5.92 Å². The maximum Gasteiger partial charge on any atom is 0.193 e. The molecule has 122 valence electrons. The van der Waals surface area contributed by atoms with Gasteiger partial charge in [-0.3, -0.25) is 4.99 Å². The number of nitrogens with two attached hydrogens (primary N) is 1. The lowest BCUT2D eigenvalue weighted by molar-refractivity contribution is 0.415. The first-order valence-corrected chi connectivity index (χ1v) is 7.86. The molecule has 0 aliphatic heterocycles. The molecule has 1 atom stereocenters. The Bertz CT molecular complexity index is 621. The molecule has 0 bridgehead atoms. The van der Waals surface area contributed by atoms with Gasteiger partial charge < -0.3 is 15.8 Å². The van der Waals surface area contributed by atoms with Crippen LogP contribution in [0.2, 0.25) is 0 Å². The summed E-state index contributed by atoms with van der Waals surface area (Å²) in [6.45, 7) is 5.08. The van der Waals surface area contributed by atoms with Crippen molar-refractivity contribution in [3.8, 4) is 5.75 Å². The van der Waals surface area contributed by atoms with E-state index in [2.05, 4.69) is 48.4 Å². The Morgan fingerprint density at radius 2 is 1.74 bits per heavy atom. The summed E-state index contributed by atoms with van der Waals surface area (Å²) in [5.74, 6) is 2.09. The lowest BCUT2D eigenvalue weighted by Crippen LogP contribution is -2.24. The van der Waals surface area contributed by atoms with Gasteiger partial charge in [0.05, 0.1) is 7.11 Å². The van der Waals surface area contributed by atoms with Crippen molar-refractivity contribution in [1.29, 1.82) is 0 Å². The molecule has 4 nitrogen and oxygen atoms in total. The van der Waals surface area contributed by atoms with Crippen molar-refractivity contribution in [1.82, 2.24) is 0 Å². The highest BCUT2D eigenvalue weighted by molar-refractivity contribution is 5.92. The van der Waals surface area contributed by atoms with Crippen LogP contribution in [0.15, 0.2) is 59.6 Å². The number of anilines is 1. The summed E-state index contributed by atoms with van der Waals surface area (Å²) in [7, 11) is 1.65. The maximum atomic E-state index is 6.01. The largest absolute Gasteiger partial charge is 0.497 e. The number of guanidine groups is 1. The summed E-state index contributed by atoms with van der Waals surface area (Å²) < 4.78 is 5.14. The second-order valence-electron chi connectivity index (χ2n) is 5.84. The lowest BCUT2D eigenvalue weighted by Gasteiger charge is -2.19. The number of hydrogen-bond donors (Lipinski definition) is 2. The molecule has 0 spiro atoms. The summed E-state index contributed by atoms with van der Waals surface area (Å²) in [5, 5.41) is 3.11. The van der Waals surface area contributed by atoms with Gasteiger partial charge in [-0.2, -0.15) is 0 Å². The number of aliphatic imine (C=N–C) groups is 1. The zero-order valence-corrected chi connectivity index (χ0v) is 14.0. The van der Waals surface area contributed by atoms with E-state index in [0.717, 1.165) is 11.4 Å². The fraction of sp³-hybridized carbons (Fsp3) is 0.316. The highest BCUT2D eigenvalue weighted by Gasteiger charge is 2.15. The van der Waals surface area contributed by atoms with E-state index < -0.39 is 0 Å². The fourth-order valence-corrected chi connectivity index (χ4v) is 2.46. The number of nitrogens with zero attached hydrogens (tertiary/aromatic N) is 1. The van der Waals surface area contributed by atoms with Gasteiger partial charge in [-0.05, 0) is 35.7 Å². The van der Waals surface area contributed by atoms with Crippen molar-refractivity contribution in [3.05, 3.63) is 60.2 Å². The molecular weight excluding hydrogens is 286 g/mol. The molecule has 0 saturated heterocycles. The number of benzene rings is 2. The van der Waals surface area contributed by atoms with Crippen molar-refractivity contribution in [2.24, 2.45) is 16.6 Å². The molecule has 0 saturated carbocycles. The standard InChI is InChI=1S/C19H25N3O/c1-14(2)18(15-7-5-4-6-8-15)13-21-19(20)22-16-9-11-17(23-3)12-10-16/h4-12,14,18H,13H2,1-3H3,(H3,20,21,22). The number of rotatable bonds is 6. The van der Waals surface area contributed by atoms with E-state index in [0.29, 0.717) is 24.3 Å². The normalized spacial score (nSPS) is 13.0. The second kappa shape index (κ2) is 8.22. The molecule has 4 heteroatoms. The minimum atomic E-state index is 0.354. The predicted molar refractivity (Wildman–Crippen MR) is 97.1 cm³/mol. The van der Waals surface area contributed by atoms with Crippen molar-refractivity contribution in [2.75, 3.05) is 19.0 Å². The average Bonchev–Trinajstić information content (AvgIpc) is 2.56. The number of methoxy groups -OCH3 is 1. The van der Waals surface area contributed by atoms with E-state index in [-0.39, 0.29) is 0 Å². The van der Waals surface area contributed by atoms with Crippen LogP contribution in [-0.2, 0) is 0 Å². The molecule has 0 heterocycles. The van der Waals surface area contributed by atoms with Crippen molar-refractivity contribution in [2.45, 2.75) is 19.8 Å². The van der Waals surface area contributed by atoms with E-state index in [1.165, 1.54) is 5.56 Å². The zero-order valence-electron chi connectivity index (χ0n) is 14.0. The summed E-state index contributed by atoms with van der Waals surface area (Å²) in [5.41, 5.74) is 8.20. The van der Waals surface area contributed by atoms with Gasteiger partial charge >= 0.3 is 0 Å². The smallest absolute Gasteiger partial charge is 0.193 e. The number of hydrogen-bond acceptors (Lipinski definition) is 2. The van der Waals surface area contributed by atoms with E-state index in [1.54, 1.807) is 7.11 Å². The zero-order chi connectivity index (χ0) is 16.7. The minimum absolute atomic E-state index is 0.354. The molecule has 0 amide bonds. The van der Waals surface area contributed by atoms with Gasteiger partial charge in [0.2, 0.25) is 0 Å². The summed E-state index contributed by atoms with van der Waals surface area (Å²) >= 11 is 0. The molecule has 1 unspecified atom stereocenters. The molecule has 0 aliphatic rings. The van der Waals surface area contributed by atoms with Gasteiger partial charge in [0, 0.05) is 18.2 Å². The van der Waals surface area contributed by atoms with Crippen LogP contribution < -0.4 is 15.8 Å². The van der Waals surface area contributed by atoms with E-state index in [4.69, 9.17) is 10.5 Å². The Morgan fingerprint density at radius 3 is 2.30 bits per heavy atom. The monoisotopic (exact) mass is 311 g/mol. The third-order valence-corrected chi connectivity index (χ3v) is 3.85. The average molecular weight is 311 g/mol. The summed E-state index contributed by atoms with van der Waals surface area (Å²) in [4.78, 5) is 4.51. The molecule has 0 aromatic heterocycles. The van der Waals surface area contributed by atoms with E-state index >= 15 is 0 Å². The molecule has 23 heavy (non-hydrogen) atoms. The van der Waals surface area contributed by atoms with Crippen molar-refractivity contribution >= 4 is 11.6 Å². The molecule has 2 aromatic carbocycles. The van der Waals surface area contributed by atoms with Gasteiger partial charge in [-0.1, -0.05) is 44.2 Å². The molecule has 3 N–H and O–H groups in total. The Morgan fingerprint density at radius 1 is 1.09 bits per heavy atom. The first-order chi connectivity index (χ1) is 11.1. The molecule has 0 aliphatic carbocycles. The Kier molecular flexibility index (Phi) is 6.03. The van der Waals surface area contributed by atoms with Gasteiger partial charge in [-0.15, -0.1) is 0 Å². The Hall–Kier alpha value is -2.49. The lowest BCUT2D eigenvalue weighted by atomic mass is 9.88. The van der Waals surface area contributed by atoms with Crippen molar-refractivity contribution < 1.29 is 4.74 Å². The molecule has 0 radical (unpaired) electrons. The highest BCUT2D eigenvalue weighted by Crippen LogP contribution is 2.24. The number of nitrogens with one attached hydrogen (secondary N) is 1. The summed E-state index contributed by atoms with van der Waals surface area (Å²) in [6.07, 6.45) is 0.